The Morgan fingerprint density at radius 2 is 1.55 bits per heavy atom. The third-order valence-electron chi connectivity index (χ3n) is 4.36. The highest BCUT2D eigenvalue weighted by Gasteiger charge is 2.14. The third kappa shape index (κ3) is 5.90. The van der Waals surface area contributed by atoms with Gasteiger partial charge in [0.05, 0.1) is 12.7 Å². The van der Waals surface area contributed by atoms with Crippen LogP contribution in [0.1, 0.15) is 33.2 Å². The lowest BCUT2D eigenvalue weighted by Gasteiger charge is -2.09. The number of benzene rings is 3. The number of hydrogen-bond acceptors (Lipinski definition) is 5. The number of anilines is 1. The van der Waals surface area contributed by atoms with E-state index in [1.165, 1.54) is 13.0 Å². The molecule has 0 aliphatic heterocycles. The number of nitrogens with one attached hydrogen (secondary N) is 1. The predicted molar refractivity (Wildman–Crippen MR) is 119 cm³/mol. The van der Waals surface area contributed by atoms with Gasteiger partial charge in [0.25, 0.3) is 5.91 Å². The summed E-state index contributed by atoms with van der Waals surface area (Å²) >= 11 is 0. The van der Waals surface area contributed by atoms with E-state index in [4.69, 9.17) is 9.47 Å². The molecule has 3 aromatic carbocycles. The molecule has 0 atom stereocenters. The van der Waals surface area contributed by atoms with Crippen molar-refractivity contribution in [1.82, 2.24) is 0 Å². The van der Waals surface area contributed by atoms with Gasteiger partial charge in [-0.3, -0.25) is 14.4 Å². The molecule has 0 saturated heterocycles. The zero-order valence-corrected chi connectivity index (χ0v) is 17.1. The fourth-order valence-electron chi connectivity index (χ4n) is 2.80. The average Bonchev–Trinajstić information content (AvgIpc) is 2.78. The molecule has 0 fully saturated rings. The Kier molecular flexibility index (Phi) is 6.96. The quantitative estimate of drug-likeness (QED) is 0.260. The second-order valence-corrected chi connectivity index (χ2v) is 6.59. The molecule has 6 heteroatoms. The molecule has 31 heavy (non-hydrogen) atoms. The normalized spacial score (nSPS) is 10.5. The lowest BCUT2D eigenvalue weighted by atomic mass is 10.1. The van der Waals surface area contributed by atoms with Crippen LogP contribution in [0.15, 0.2) is 78.9 Å². The molecule has 0 saturated carbocycles. The molecule has 0 spiro atoms. The van der Waals surface area contributed by atoms with Crippen molar-refractivity contribution in [3.8, 4) is 11.5 Å². The smallest absolute Gasteiger partial charge is 0.308 e. The number of allylic oxidation sites excluding steroid dienone is 1. The van der Waals surface area contributed by atoms with Gasteiger partial charge in [-0.25, -0.2) is 0 Å². The second-order valence-electron chi connectivity index (χ2n) is 6.59. The highest BCUT2D eigenvalue weighted by molar-refractivity contribution is 6.08. The number of carbonyl (C=O) groups is 3. The zero-order valence-electron chi connectivity index (χ0n) is 17.1. The Bertz CT molecular complexity index is 1120. The minimum atomic E-state index is -0.509. The Labute approximate surface area is 180 Å². The van der Waals surface area contributed by atoms with Crippen molar-refractivity contribution in [2.75, 3.05) is 12.4 Å². The van der Waals surface area contributed by atoms with E-state index in [1.54, 1.807) is 61.7 Å². The van der Waals surface area contributed by atoms with Crippen molar-refractivity contribution in [2.24, 2.45) is 0 Å². The number of ether oxygens (including phenoxy) is 2. The molecule has 0 heterocycles. The summed E-state index contributed by atoms with van der Waals surface area (Å²) in [6, 6.07) is 20.4. The van der Waals surface area contributed by atoms with Gasteiger partial charge in [0.1, 0.15) is 11.5 Å². The predicted octanol–water partition coefficient (Wildman–Crippen LogP) is 4.77. The van der Waals surface area contributed by atoms with Gasteiger partial charge in [0.15, 0.2) is 5.78 Å². The number of carbonyl (C=O) groups excluding carboxylic acids is 3. The Morgan fingerprint density at radius 3 is 2.19 bits per heavy atom. The average molecular weight is 415 g/mol. The van der Waals surface area contributed by atoms with Crippen LogP contribution in [-0.4, -0.2) is 24.8 Å². The van der Waals surface area contributed by atoms with Crippen LogP contribution in [0.5, 0.6) is 11.5 Å². The molecule has 0 aliphatic rings. The maximum atomic E-state index is 12.6. The molecule has 0 radical (unpaired) electrons. The Morgan fingerprint density at radius 1 is 0.871 bits per heavy atom. The van der Waals surface area contributed by atoms with E-state index < -0.39 is 11.9 Å². The topological polar surface area (TPSA) is 81.7 Å². The Balaban J connectivity index is 1.66. The third-order valence-corrected chi connectivity index (χ3v) is 4.36. The number of methoxy groups -OCH3 is 1. The zero-order chi connectivity index (χ0) is 22.2. The highest BCUT2D eigenvalue weighted by Crippen LogP contribution is 2.20. The van der Waals surface area contributed by atoms with Crippen LogP contribution in [0.2, 0.25) is 0 Å². The number of hydrogen-bond donors (Lipinski definition) is 1. The maximum absolute atomic E-state index is 12.6. The molecule has 3 rings (SSSR count). The van der Waals surface area contributed by atoms with E-state index in [2.05, 4.69) is 5.32 Å². The largest absolute Gasteiger partial charge is 0.497 e. The first kappa shape index (κ1) is 21.5. The molecule has 0 bridgehead atoms. The van der Waals surface area contributed by atoms with E-state index in [0.717, 1.165) is 11.3 Å². The van der Waals surface area contributed by atoms with E-state index in [1.807, 2.05) is 24.3 Å². The van der Waals surface area contributed by atoms with Crippen LogP contribution in [0.4, 0.5) is 5.69 Å². The molecule has 0 aliphatic carbocycles. The fourth-order valence-corrected chi connectivity index (χ4v) is 2.80. The lowest BCUT2D eigenvalue weighted by molar-refractivity contribution is -0.131. The molecule has 0 aromatic heterocycles. The van der Waals surface area contributed by atoms with Crippen LogP contribution >= 0.6 is 0 Å². The van der Waals surface area contributed by atoms with Crippen molar-refractivity contribution >= 4 is 29.4 Å². The molecule has 0 unspecified atom stereocenters. The first-order chi connectivity index (χ1) is 15.0. The van der Waals surface area contributed by atoms with Crippen LogP contribution < -0.4 is 14.8 Å². The highest BCUT2D eigenvalue weighted by atomic mass is 16.5. The van der Waals surface area contributed by atoms with Gasteiger partial charge >= 0.3 is 5.97 Å². The first-order valence-electron chi connectivity index (χ1n) is 9.51. The summed E-state index contributed by atoms with van der Waals surface area (Å²) in [4.78, 5) is 36.2. The number of para-hydroxylation sites is 1. The second kappa shape index (κ2) is 10.0. The SMILES string of the molecule is COc1ccc(/C=C/C(=O)c2ccc(NC(=O)c3ccccc3OC(C)=O)cc2)cc1. The summed E-state index contributed by atoms with van der Waals surface area (Å²) in [5, 5.41) is 2.74. The van der Waals surface area contributed by atoms with Gasteiger partial charge < -0.3 is 14.8 Å². The minimum Gasteiger partial charge on any atom is -0.497 e. The fraction of sp³-hybridized carbons (Fsp3) is 0.0800. The molecule has 3 aromatic rings. The standard InChI is InChI=1S/C25H21NO5/c1-17(27)31-24-6-4-3-5-22(24)25(29)26-20-12-10-19(11-13-20)23(28)16-9-18-7-14-21(30-2)15-8-18/h3-16H,1-2H3,(H,26,29)/b16-9+. The summed E-state index contributed by atoms with van der Waals surface area (Å²) in [5.74, 6) is -0.158. The summed E-state index contributed by atoms with van der Waals surface area (Å²) in [5.41, 5.74) is 2.12. The van der Waals surface area contributed by atoms with E-state index in [0.29, 0.717) is 11.3 Å². The summed E-state index contributed by atoms with van der Waals surface area (Å²) in [7, 11) is 1.60. The molecule has 1 N–H and O–H groups in total. The molecule has 1 amide bonds. The number of ketones is 1. The van der Waals surface area contributed by atoms with Crippen molar-refractivity contribution in [1.29, 1.82) is 0 Å². The van der Waals surface area contributed by atoms with Crippen molar-refractivity contribution < 1.29 is 23.9 Å². The van der Waals surface area contributed by atoms with Gasteiger partial charge in [0.2, 0.25) is 0 Å². The maximum Gasteiger partial charge on any atom is 0.308 e. The van der Waals surface area contributed by atoms with Crippen LogP contribution in [-0.2, 0) is 4.79 Å². The van der Waals surface area contributed by atoms with Crippen molar-refractivity contribution in [3.05, 3.63) is 95.6 Å². The van der Waals surface area contributed by atoms with Crippen molar-refractivity contribution in [2.45, 2.75) is 6.92 Å². The van der Waals surface area contributed by atoms with E-state index >= 15 is 0 Å². The van der Waals surface area contributed by atoms with Crippen LogP contribution in [0.25, 0.3) is 6.08 Å². The number of rotatable bonds is 7. The van der Waals surface area contributed by atoms with Gasteiger partial charge in [-0.2, -0.15) is 0 Å². The van der Waals surface area contributed by atoms with Gasteiger partial charge in [0, 0.05) is 18.2 Å². The number of amides is 1. The lowest BCUT2D eigenvalue weighted by Crippen LogP contribution is -2.14. The van der Waals surface area contributed by atoms with Gasteiger partial charge in [-0.1, -0.05) is 30.3 Å². The first-order valence-corrected chi connectivity index (χ1v) is 9.51. The molecular formula is C25H21NO5. The number of esters is 1. The van der Waals surface area contributed by atoms with E-state index in [-0.39, 0.29) is 17.1 Å². The Hall–Kier alpha value is -4.19. The summed E-state index contributed by atoms with van der Waals surface area (Å²) in [6.45, 7) is 1.27. The van der Waals surface area contributed by atoms with E-state index in [9.17, 15) is 14.4 Å². The summed E-state index contributed by atoms with van der Waals surface area (Å²) in [6.07, 6.45) is 3.22. The molecule has 6 nitrogen and oxygen atoms in total. The van der Waals surface area contributed by atoms with Gasteiger partial charge in [-0.15, -0.1) is 0 Å². The monoisotopic (exact) mass is 415 g/mol. The minimum absolute atomic E-state index is 0.158. The molecular weight excluding hydrogens is 394 g/mol. The molecule has 156 valence electrons. The van der Waals surface area contributed by atoms with Crippen LogP contribution in [0.3, 0.4) is 0 Å². The van der Waals surface area contributed by atoms with Crippen LogP contribution in [0, 0.1) is 0 Å². The summed E-state index contributed by atoms with van der Waals surface area (Å²) < 4.78 is 10.2. The van der Waals surface area contributed by atoms with Crippen molar-refractivity contribution in [3.63, 3.8) is 0 Å². The van der Waals surface area contributed by atoms with Gasteiger partial charge in [-0.05, 0) is 60.2 Å².